The quantitative estimate of drug-likeness (QED) is 0.572. The summed E-state index contributed by atoms with van der Waals surface area (Å²) in [6.07, 6.45) is 16.2. The van der Waals surface area contributed by atoms with Gasteiger partial charge in [0.05, 0.1) is 0 Å². The van der Waals surface area contributed by atoms with Crippen molar-refractivity contribution in [2.75, 3.05) is 11.9 Å². The van der Waals surface area contributed by atoms with E-state index in [-0.39, 0.29) is 0 Å². The number of allylic oxidation sites excluding steroid dienone is 3. The number of hydrogen-bond acceptors (Lipinski definition) is 1. The van der Waals surface area contributed by atoms with E-state index in [9.17, 15) is 0 Å². The molecule has 5 atom stereocenters. The Hall–Kier alpha value is -1.50. The normalized spacial score (nSPS) is 40.3. The number of para-hydroxylation sites is 1. The van der Waals surface area contributed by atoms with Crippen LogP contribution in [0.4, 0.5) is 5.69 Å². The average Bonchev–Trinajstić information content (AvgIpc) is 3.08. The van der Waals surface area contributed by atoms with Crippen molar-refractivity contribution in [2.45, 2.75) is 65.2 Å². The monoisotopic (exact) mass is 361 g/mol. The van der Waals surface area contributed by atoms with Gasteiger partial charge in [0, 0.05) is 12.2 Å². The van der Waals surface area contributed by atoms with Crippen LogP contribution in [0.3, 0.4) is 0 Å². The Kier molecular flexibility index (Phi) is 4.26. The second kappa shape index (κ2) is 6.54. The fourth-order valence-corrected chi connectivity index (χ4v) is 7.42. The molecule has 0 spiro atoms. The van der Waals surface area contributed by atoms with Gasteiger partial charge in [-0.25, -0.2) is 0 Å². The van der Waals surface area contributed by atoms with Crippen LogP contribution in [0.5, 0.6) is 0 Å². The van der Waals surface area contributed by atoms with Crippen molar-refractivity contribution in [3.63, 3.8) is 0 Å². The third-order valence-electron chi connectivity index (χ3n) is 8.83. The molecule has 1 heteroatoms. The van der Waals surface area contributed by atoms with Gasteiger partial charge in [-0.05, 0) is 85.7 Å². The van der Waals surface area contributed by atoms with Gasteiger partial charge in [-0.1, -0.05) is 61.8 Å². The molecule has 1 aromatic carbocycles. The lowest BCUT2D eigenvalue weighted by molar-refractivity contribution is -0.0162. The Balaban J connectivity index is 1.47. The lowest BCUT2D eigenvalue weighted by atomic mass is 9.47. The second-order valence-electron chi connectivity index (χ2n) is 10.2. The van der Waals surface area contributed by atoms with Crippen LogP contribution in [0, 0.1) is 28.6 Å². The molecule has 0 aliphatic heterocycles. The van der Waals surface area contributed by atoms with Crippen molar-refractivity contribution in [1.29, 1.82) is 0 Å². The maximum atomic E-state index is 3.76. The summed E-state index contributed by atoms with van der Waals surface area (Å²) >= 11 is 0. The summed E-state index contributed by atoms with van der Waals surface area (Å²) in [5.41, 5.74) is 5.83. The zero-order valence-corrected chi connectivity index (χ0v) is 17.1. The van der Waals surface area contributed by atoms with E-state index < -0.39 is 0 Å². The van der Waals surface area contributed by atoms with Gasteiger partial charge in [-0.15, -0.1) is 0 Å². The maximum absolute atomic E-state index is 3.76. The first-order valence-corrected chi connectivity index (χ1v) is 11.3. The van der Waals surface area contributed by atoms with Gasteiger partial charge < -0.3 is 5.32 Å². The molecule has 0 unspecified atom stereocenters. The Morgan fingerprint density at radius 2 is 1.89 bits per heavy atom. The lowest BCUT2D eigenvalue weighted by Crippen LogP contribution is -2.49. The first-order chi connectivity index (χ1) is 13.1. The minimum Gasteiger partial charge on any atom is -0.381 e. The Morgan fingerprint density at radius 1 is 1.04 bits per heavy atom. The topological polar surface area (TPSA) is 12.0 Å². The molecule has 1 nitrogen and oxygen atoms in total. The molecule has 4 aliphatic carbocycles. The molecule has 0 heterocycles. The fraction of sp³-hybridized carbons (Fsp3) is 0.615. The Labute approximate surface area is 165 Å². The number of hydrogen-bond donors (Lipinski definition) is 1. The van der Waals surface area contributed by atoms with Crippen LogP contribution in [0.15, 0.2) is 53.6 Å². The molecule has 4 aliphatic rings. The number of rotatable bonds is 3. The summed E-state index contributed by atoms with van der Waals surface area (Å²) in [4.78, 5) is 0. The second-order valence-corrected chi connectivity index (χ2v) is 10.2. The van der Waals surface area contributed by atoms with Gasteiger partial charge in [-0.3, -0.25) is 0 Å². The van der Waals surface area contributed by atoms with Crippen LogP contribution in [-0.2, 0) is 0 Å². The first kappa shape index (κ1) is 17.6. The molecule has 0 aromatic heterocycles. The summed E-state index contributed by atoms with van der Waals surface area (Å²) in [5.74, 6) is 2.69. The molecule has 1 aromatic rings. The van der Waals surface area contributed by atoms with Gasteiger partial charge in [0.2, 0.25) is 0 Å². The molecule has 2 fully saturated rings. The highest BCUT2D eigenvalue weighted by atomic mass is 14.9. The number of benzene rings is 1. The van der Waals surface area contributed by atoms with Crippen molar-refractivity contribution in [3.05, 3.63) is 53.6 Å². The predicted molar refractivity (Wildman–Crippen MR) is 115 cm³/mol. The highest BCUT2D eigenvalue weighted by molar-refractivity contribution is 5.45. The van der Waals surface area contributed by atoms with Crippen LogP contribution in [0.25, 0.3) is 0 Å². The summed E-state index contributed by atoms with van der Waals surface area (Å²) in [7, 11) is 0. The zero-order valence-electron chi connectivity index (χ0n) is 17.1. The van der Waals surface area contributed by atoms with E-state index in [0.717, 1.165) is 24.3 Å². The van der Waals surface area contributed by atoms with Crippen molar-refractivity contribution in [3.8, 4) is 0 Å². The Morgan fingerprint density at radius 3 is 2.74 bits per heavy atom. The molecular formula is C26H35N. The van der Waals surface area contributed by atoms with Crippen LogP contribution in [-0.4, -0.2) is 6.54 Å². The van der Waals surface area contributed by atoms with Gasteiger partial charge in [-0.2, -0.15) is 0 Å². The highest BCUT2D eigenvalue weighted by Crippen LogP contribution is 2.64. The van der Waals surface area contributed by atoms with E-state index >= 15 is 0 Å². The number of nitrogens with one attached hydrogen (secondary N) is 1. The van der Waals surface area contributed by atoms with Crippen LogP contribution < -0.4 is 5.32 Å². The predicted octanol–water partition coefficient (Wildman–Crippen LogP) is 6.99. The minimum atomic E-state index is 0.471. The van der Waals surface area contributed by atoms with E-state index in [2.05, 4.69) is 61.6 Å². The third kappa shape index (κ3) is 2.80. The molecule has 144 valence electrons. The molecule has 5 rings (SSSR count). The standard InChI is InChI=1S/C26H35N/c1-25-14-8-12-23(25)21-17-19(18-27-20-9-4-3-5-10-20)22-11-6-7-15-26(22,2)24(21)13-16-25/h3-5,8-10,14,21,23-24,27H,6-7,11-13,15-18H2,1-2H3/t21-,23-,24-,25-,26-/m0/s1. The fourth-order valence-electron chi connectivity index (χ4n) is 7.42. The van der Waals surface area contributed by atoms with E-state index in [4.69, 9.17) is 0 Å². The third-order valence-corrected chi connectivity index (χ3v) is 8.83. The lowest BCUT2D eigenvalue weighted by Gasteiger charge is -2.58. The molecule has 1 N–H and O–H groups in total. The van der Waals surface area contributed by atoms with Crippen molar-refractivity contribution >= 4 is 5.69 Å². The van der Waals surface area contributed by atoms with Gasteiger partial charge in [0.1, 0.15) is 0 Å². The molecule has 0 radical (unpaired) electrons. The maximum Gasteiger partial charge on any atom is 0.0363 e. The van der Waals surface area contributed by atoms with Crippen LogP contribution in [0.1, 0.15) is 65.2 Å². The highest BCUT2D eigenvalue weighted by Gasteiger charge is 2.55. The van der Waals surface area contributed by atoms with Crippen LogP contribution >= 0.6 is 0 Å². The van der Waals surface area contributed by atoms with Crippen molar-refractivity contribution < 1.29 is 0 Å². The average molecular weight is 362 g/mol. The van der Waals surface area contributed by atoms with Crippen molar-refractivity contribution in [1.82, 2.24) is 0 Å². The van der Waals surface area contributed by atoms with Gasteiger partial charge >= 0.3 is 0 Å². The van der Waals surface area contributed by atoms with Gasteiger partial charge in [0.15, 0.2) is 0 Å². The number of fused-ring (bicyclic) bond motifs is 5. The van der Waals surface area contributed by atoms with E-state index in [1.165, 1.54) is 57.1 Å². The first-order valence-electron chi connectivity index (χ1n) is 11.3. The zero-order chi connectivity index (χ0) is 18.5. The van der Waals surface area contributed by atoms with E-state index in [0.29, 0.717) is 10.8 Å². The largest absolute Gasteiger partial charge is 0.381 e. The smallest absolute Gasteiger partial charge is 0.0363 e. The Bertz CT molecular complexity index is 760. The summed E-state index contributed by atoms with van der Waals surface area (Å²) in [6, 6.07) is 10.8. The SMILES string of the molecule is C[C@@]12C=CC[C@H]1[C@@H]1CC(CNc3ccccc3)=C3CCCC[C@]3(C)[C@H]1CC2. The molecule has 0 saturated heterocycles. The molecule has 0 bridgehead atoms. The molecule has 27 heavy (non-hydrogen) atoms. The number of anilines is 1. The van der Waals surface area contributed by atoms with Gasteiger partial charge in [0.25, 0.3) is 0 Å². The van der Waals surface area contributed by atoms with Crippen LogP contribution in [0.2, 0.25) is 0 Å². The van der Waals surface area contributed by atoms with E-state index in [1.807, 2.05) is 5.57 Å². The summed E-state index contributed by atoms with van der Waals surface area (Å²) < 4.78 is 0. The summed E-state index contributed by atoms with van der Waals surface area (Å²) in [5, 5.41) is 3.76. The van der Waals surface area contributed by atoms with E-state index in [1.54, 1.807) is 5.57 Å². The molecule has 0 amide bonds. The van der Waals surface area contributed by atoms with Crippen molar-refractivity contribution in [2.24, 2.45) is 28.6 Å². The minimum absolute atomic E-state index is 0.471. The molecule has 2 saturated carbocycles. The summed E-state index contributed by atoms with van der Waals surface area (Å²) in [6.45, 7) is 6.24. The molecular weight excluding hydrogens is 326 g/mol.